The highest BCUT2D eigenvalue weighted by atomic mass is 32.2. The SMILES string of the molecule is [C-]#[N+]c1ccc(N2C(=O)C(C)(C)N(CCCOc3ccc(SC(C)C)cc3)C2=S)cc1C(F)(F)F. The van der Waals surface area contributed by atoms with Crippen LogP contribution in [0, 0.1) is 6.57 Å². The third-order valence-electron chi connectivity index (χ3n) is 5.48. The Balaban J connectivity index is 1.69. The molecular formula is C25H26F3N3O2S2. The van der Waals surface area contributed by atoms with Crippen molar-refractivity contribution >= 4 is 46.4 Å². The topological polar surface area (TPSA) is 37.1 Å². The van der Waals surface area contributed by atoms with Crippen molar-refractivity contribution in [2.75, 3.05) is 18.1 Å². The molecule has 2 aromatic rings. The molecule has 1 saturated heterocycles. The summed E-state index contributed by atoms with van der Waals surface area (Å²) in [7, 11) is 0. The fourth-order valence-electron chi connectivity index (χ4n) is 3.73. The van der Waals surface area contributed by atoms with Gasteiger partial charge in [-0.2, -0.15) is 13.2 Å². The van der Waals surface area contributed by atoms with Gasteiger partial charge in [0.25, 0.3) is 5.91 Å². The molecule has 1 aliphatic rings. The fourth-order valence-corrected chi connectivity index (χ4v) is 5.07. The normalized spacial score (nSPS) is 15.6. The largest absolute Gasteiger partial charge is 0.494 e. The van der Waals surface area contributed by atoms with Crippen LogP contribution < -0.4 is 9.64 Å². The number of hydrogen-bond acceptors (Lipinski definition) is 4. The monoisotopic (exact) mass is 521 g/mol. The average Bonchev–Trinajstić information content (AvgIpc) is 2.95. The molecule has 35 heavy (non-hydrogen) atoms. The molecule has 3 rings (SSSR count). The van der Waals surface area contributed by atoms with Crippen LogP contribution in [0.2, 0.25) is 0 Å². The molecule has 1 heterocycles. The van der Waals surface area contributed by atoms with Crippen molar-refractivity contribution in [3.05, 3.63) is 59.4 Å². The third kappa shape index (κ3) is 5.90. The molecule has 5 nitrogen and oxygen atoms in total. The molecule has 0 aromatic heterocycles. The second-order valence-corrected chi connectivity index (χ2v) is 10.8. The Morgan fingerprint density at radius 2 is 1.83 bits per heavy atom. The Hall–Kier alpha value is -2.77. The molecule has 0 atom stereocenters. The van der Waals surface area contributed by atoms with Gasteiger partial charge in [0.2, 0.25) is 0 Å². The molecule has 0 aliphatic carbocycles. The van der Waals surface area contributed by atoms with Gasteiger partial charge in [0.05, 0.1) is 18.7 Å². The molecule has 0 unspecified atom stereocenters. The van der Waals surface area contributed by atoms with E-state index in [4.69, 9.17) is 23.5 Å². The van der Waals surface area contributed by atoms with Crippen LogP contribution >= 0.6 is 24.0 Å². The quantitative estimate of drug-likeness (QED) is 0.163. The zero-order valence-electron chi connectivity index (χ0n) is 19.8. The summed E-state index contributed by atoms with van der Waals surface area (Å²) in [5.74, 6) is 0.309. The van der Waals surface area contributed by atoms with Crippen LogP contribution in [0.25, 0.3) is 4.85 Å². The number of carbonyl (C=O) groups excluding carboxylic acids is 1. The number of nitrogens with zero attached hydrogens (tertiary/aromatic N) is 3. The number of anilines is 1. The minimum Gasteiger partial charge on any atom is -0.494 e. The van der Waals surface area contributed by atoms with Crippen LogP contribution in [0.3, 0.4) is 0 Å². The van der Waals surface area contributed by atoms with E-state index in [0.717, 1.165) is 27.7 Å². The maximum atomic E-state index is 13.4. The van der Waals surface area contributed by atoms with Crippen molar-refractivity contribution in [2.45, 2.75) is 56.0 Å². The molecule has 10 heteroatoms. The fraction of sp³-hybridized carbons (Fsp3) is 0.400. The first-order valence-electron chi connectivity index (χ1n) is 11.0. The van der Waals surface area contributed by atoms with Gasteiger partial charge < -0.3 is 9.64 Å². The Kier molecular flexibility index (Phi) is 8.02. The maximum absolute atomic E-state index is 13.4. The van der Waals surface area contributed by atoms with Gasteiger partial charge in [-0.1, -0.05) is 19.9 Å². The zero-order chi connectivity index (χ0) is 26.0. The zero-order valence-corrected chi connectivity index (χ0v) is 21.5. The van der Waals surface area contributed by atoms with Gasteiger partial charge in [0.1, 0.15) is 11.3 Å². The highest BCUT2D eigenvalue weighted by Crippen LogP contribution is 2.41. The summed E-state index contributed by atoms with van der Waals surface area (Å²) >= 11 is 7.27. The molecule has 0 saturated carbocycles. The average molecular weight is 522 g/mol. The first-order valence-corrected chi connectivity index (χ1v) is 12.3. The molecule has 0 N–H and O–H groups in total. The van der Waals surface area contributed by atoms with Gasteiger partial charge in [-0.05, 0) is 68.9 Å². The standard InChI is InChI=1S/C25H26F3N3O2S2/c1-16(2)35-19-10-8-18(9-11-19)33-14-6-13-30-23(34)31(22(32)24(30,3)4)17-7-12-21(29-5)20(15-17)25(26,27)28/h7-12,15-16H,6,13-14H2,1-4H3. The van der Waals surface area contributed by atoms with Crippen molar-refractivity contribution in [1.82, 2.24) is 4.90 Å². The van der Waals surface area contributed by atoms with Crippen molar-refractivity contribution < 1.29 is 22.7 Å². The minimum absolute atomic E-state index is 0.00842. The second kappa shape index (κ2) is 10.5. The molecule has 1 amide bonds. The van der Waals surface area contributed by atoms with Crippen molar-refractivity contribution in [3.63, 3.8) is 0 Å². The van der Waals surface area contributed by atoms with E-state index in [2.05, 4.69) is 18.7 Å². The lowest BCUT2D eigenvalue weighted by molar-refractivity contribution is -0.136. The number of hydrogen-bond donors (Lipinski definition) is 0. The summed E-state index contributed by atoms with van der Waals surface area (Å²) in [6.07, 6.45) is -4.17. The van der Waals surface area contributed by atoms with E-state index in [0.29, 0.717) is 24.8 Å². The first kappa shape index (κ1) is 26.8. The van der Waals surface area contributed by atoms with Crippen LogP contribution in [0.5, 0.6) is 5.75 Å². The van der Waals surface area contributed by atoms with Crippen LogP contribution in [-0.2, 0) is 11.0 Å². The molecule has 0 radical (unpaired) electrons. The number of alkyl halides is 3. The smallest absolute Gasteiger partial charge is 0.407 e. The summed E-state index contributed by atoms with van der Waals surface area (Å²) in [5.41, 5.74) is -2.67. The summed E-state index contributed by atoms with van der Waals surface area (Å²) in [4.78, 5) is 20.1. The predicted molar refractivity (Wildman–Crippen MR) is 136 cm³/mol. The lowest BCUT2D eigenvalue weighted by Gasteiger charge is -2.29. The molecule has 186 valence electrons. The van der Waals surface area contributed by atoms with E-state index < -0.39 is 28.9 Å². The van der Waals surface area contributed by atoms with Crippen molar-refractivity contribution in [2.24, 2.45) is 0 Å². The number of benzene rings is 2. The van der Waals surface area contributed by atoms with Gasteiger partial charge in [-0.25, -0.2) is 4.85 Å². The highest BCUT2D eigenvalue weighted by molar-refractivity contribution is 7.99. The van der Waals surface area contributed by atoms with E-state index in [9.17, 15) is 18.0 Å². The Morgan fingerprint density at radius 1 is 1.17 bits per heavy atom. The van der Waals surface area contributed by atoms with Gasteiger partial charge in [-0.15, -0.1) is 11.8 Å². The Morgan fingerprint density at radius 3 is 2.40 bits per heavy atom. The number of thioether (sulfide) groups is 1. The van der Waals surface area contributed by atoms with Gasteiger partial charge in [0, 0.05) is 22.4 Å². The van der Waals surface area contributed by atoms with E-state index in [1.54, 1.807) is 30.5 Å². The first-order chi connectivity index (χ1) is 16.4. The number of ether oxygens (including phenoxy) is 1. The van der Waals surface area contributed by atoms with E-state index >= 15 is 0 Å². The molecule has 1 aliphatic heterocycles. The summed E-state index contributed by atoms with van der Waals surface area (Å²) in [6, 6.07) is 11.0. The van der Waals surface area contributed by atoms with E-state index in [1.165, 1.54) is 6.07 Å². The lowest BCUT2D eigenvalue weighted by atomic mass is 10.0. The van der Waals surface area contributed by atoms with Gasteiger partial charge >= 0.3 is 6.18 Å². The van der Waals surface area contributed by atoms with Gasteiger partial charge in [-0.3, -0.25) is 9.69 Å². The van der Waals surface area contributed by atoms with Crippen LogP contribution in [0.15, 0.2) is 47.4 Å². The van der Waals surface area contributed by atoms with Crippen molar-refractivity contribution in [1.29, 1.82) is 0 Å². The molecular weight excluding hydrogens is 495 g/mol. The maximum Gasteiger partial charge on any atom is 0.407 e. The van der Waals surface area contributed by atoms with Crippen molar-refractivity contribution in [3.8, 4) is 5.75 Å². The number of carbonyl (C=O) groups is 1. The van der Waals surface area contributed by atoms with E-state index in [1.807, 2.05) is 24.3 Å². The van der Waals surface area contributed by atoms with E-state index in [-0.39, 0.29) is 10.8 Å². The number of thiocarbonyl (C=S) groups is 1. The summed E-state index contributed by atoms with van der Waals surface area (Å²) in [5, 5.41) is 0.612. The Bertz CT molecular complexity index is 1140. The molecule has 0 bridgehead atoms. The molecule has 0 spiro atoms. The highest BCUT2D eigenvalue weighted by Gasteiger charge is 2.49. The molecule has 2 aromatic carbocycles. The third-order valence-corrected chi connectivity index (χ3v) is 6.90. The summed E-state index contributed by atoms with van der Waals surface area (Å²) in [6.45, 7) is 15.4. The predicted octanol–water partition coefficient (Wildman–Crippen LogP) is 6.94. The summed E-state index contributed by atoms with van der Waals surface area (Å²) < 4.78 is 46.1. The number of rotatable bonds is 8. The Labute approximate surface area is 213 Å². The second-order valence-electron chi connectivity index (χ2n) is 8.78. The molecule has 1 fully saturated rings. The van der Waals surface area contributed by atoms with Gasteiger partial charge in [0.15, 0.2) is 10.8 Å². The number of amides is 1. The van der Waals surface area contributed by atoms with Crippen LogP contribution in [0.1, 0.15) is 39.7 Å². The lowest BCUT2D eigenvalue weighted by Crippen LogP contribution is -2.44. The number of halogens is 3. The van der Waals surface area contributed by atoms with Crippen LogP contribution in [-0.4, -0.2) is 39.9 Å². The minimum atomic E-state index is -4.72. The van der Waals surface area contributed by atoms with Crippen LogP contribution in [0.4, 0.5) is 24.5 Å².